The van der Waals surface area contributed by atoms with E-state index < -0.39 is 7.60 Å². The molecular weight excluding hydrogens is 239 g/mol. The van der Waals surface area contributed by atoms with E-state index in [9.17, 15) is 9.46 Å². The largest absolute Gasteiger partial charge is 0.421 e. The third-order valence-electron chi connectivity index (χ3n) is 2.05. The van der Waals surface area contributed by atoms with Crippen LogP contribution in [0, 0.1) is 0 Å². The van der Waals surface area contributed by atoms with Crippen LogP contribution in [0.3, 0.4) is 0 Å². The Morgan fingerprint density at radius 1 is 0.882 bits per heavy atom. The first-order valence-electron chi connectivity index (χ1n) is 4.81. The van der Waals surface area contributed by atoms with Crippen LogP contribution in [-0.2, 0) is 4.57 Å². The van der Waals surface area contributed by atoms with Crippen LogP contribution < -0.4 is 9.83 Å². The van der Waals surface area contributed by atoms with Gasteiger partial charge in [0.1, 0.15) is 5.75 Å². The molecule has 2 rings (SSSR count). The highest BCUT2D eigenvalue weighted by atomic mass is 31.2. The lowest BCUT2D eigenvalue weighted by molar-refractivity contribution is 0.393. The summed E-state index contributed by atoms with van der Waals surface area (Å²) in [6.45, 7) is 0. The molecule has 90 valence electrons. The zero-order valence-electron chi connectivity index (χ0n) is 8.98. The molecule has 2 aromatic carbocycles. The van der Waals surface area contributed by atoms with Crippen LogP contribution in [0.2, 0.25) is 0 Å². The first-order chi connectivity index (χ1) is 7.68. The minimum Gasteiger partial charge on any atom is -0.421 e. The summed E-state index contributed by atoms with van der Waals surface area (Å²) in [7, 11) is -3.77. The smallest absolute Gasteiger partial charge is 0.408 e. The molecule has 1 unspecified atom stereocenters. The van der Waals surface area contributed by atoms with Crippen molar-refractivity contribution in [3.05, 3.63) is 60.7 Å². The molecule has 0 saturated heterocycles. The van der Waals surface area contributed by atoms with Crippen LogP contribution in [0.25, 0.3) is 0 Å². The molecule has 17 heavy (non-hydrogen) atoms. The SMILES string of the molecule is O.O=P(O)(Oc1ccccc1)c1ccccc1. The normalized spacial score (nSPS) is 13.2. The summed E-state index contributed by atoms with van der Waals surface area (Å²) in [5.74, 6) is 0.386. The lowest BCUT2D eigenvalue weighted by Crippen LogP contribution is -2.08. The van der Waals surface area contributed by atoms with E-state index in [1.807, 2.05) is 6.07 Å². The molecule has 2 aromatic rings. The highest BCUT2D eigenvalue weighted by Crippen LogP contribution is 2.41. The van der Waals surface area contributed by atoms with E-state index in [0.29, 0.717) is 11.1 Å². The molecule has 0 bridgehead atoms. The summed E-state index contributed by atoms with van der Waals surface area (Å²) in [5.41, 5.74) is 0. The Balaban J connectivity index is 0.00000144. The van der Waals surface area contributed by atoms with Crippen LogP contribution in [-0.4, -0.2) is 10.4 Å². The van der Waals surface area contributed by atoms with Gasteiger partial charge in [0.25, 0.3) is 0 Å². The van der Waals surface area contributed by atoms with Crippen molar-refractivity contribution in [1.29, 1.82) is 0 Å². The van der Waals surface area contributed by atoms with Gasteiger partial charge in [-0.05, 0) is 24.3 Å². The Hall–Kier alpha value is -1.61. The predicted octanol–water partition coefficient (Wildman–Crippen LogP) is 1.75. The fourth-order valence-electron chi connectivity index (χ4n) is 1.29. The summed E-state index contributed by atoms with van der Waals surface area (Å²) in [6, 6.07) is 16.9. The number of hydrogen-bond acceptors (Lipinski definition) is 2. The summed E-state index contributed by atoms with van der Waals surface area (Å²) < 4.78 is 17.0. The number of rotatable bonds is 3. The van der Waals surface area contributed by atoms with Gasteiger partial charge in [0.05, 0.1) is 5.30 Å². The molecule has 0 fully saturated rings. The van der Waals surface area contributed by atoms with E-state index in [1.54, 1.807) is 54.6 Å². The van der Waals surface area contributed by atoms with Crippen LogP contribution in [0.4, 0.5) is 0 Å². The second-order valence-corrected chi connectivity index (χ2v) is 5.00. The highest BCUT2D eigenvalue weighted by molar-refractivity contribution is 7.61. The fraction of sp³-hybridized carbons (Fsp3) is 0. The lowest BCUT2D eigenvalue weighted by Gasteiger charge is -2.12. The van der Waals surface area contributed by atoms with Crippen molar-refractivity contribution in [2.45, 2.75) is 0 Å². The molecule has 0 aromatic heterocycles. The van der Waals surface area contributed by atoms with E-state index in [-0.39, 0.29) is 5.48 Å². The molecule has 0 aliphatic carbocycles. The number of benzene rings is 2. The van der Waals surface area contributed by atoms with Crippen molar-refractivity contribution in [3.63, 3.8) is 0 Å². The maximum atomic E-state index is 11.9. The van der Waals surface area contributed by atoms with Crippen molar-refractivity contribution in [3.8, 4) is 5.75 Å². The van der Waals surface area contributed by atoms with Crippen molar-refractivity contribution < 1.29 is 19.5 Å². The second-order valence-electron chi connectivity index (χ2n) is 3.26. The lowest BCUT2D eigenvalue weighted by atomic mass is 10.3. The topological polar surface area (TPSA) is 78.0 Å². The molecule has 4 nitrogen and oxygen atoms in total. The van der Waals surface area contributed by atoms with E-state index in [1.165, 1.54) is 0 Å². The average Bonchev–Trinajstić information content (AvgIpc) is 2.31. The summed E-state index contributed by atoms with van der Waals surface area (Å²) in [5, 5.41) is 0.291. The maximum absolute atomic E-state index is 11.9. The van der Waals surface area contributed by atoms with Gasteiger partial charge in [-0.15, -0.1) is 0 Å². The molecule has 0 aliphatic heterocycles. The number of para-hydroxylation sites is 1. The van der Waals surface area contributed by atoms with Crippen LogP contribution >= 0.6 is 7.60 Å². The predicted molar refractivity (Wildman–Crippen MR) is 66.6 cm³/mol. The summed E-state index contributed by atoms with van der Waals surface area (Å²) >= 11 is 0. The molecule has 3 N–H and O–H groups in total. The molecular formula is C12H13O4P. The van der Waals surface area contributed by atoms with Gasteiger partial charge in [-0.1, -0.05) is 36.4 Å². The van der Waals surface area contributed by atoms with E-state index in [4.69, 9.17) is 4.52 Å². The molecule has 0 heterocycles. The molecule has 0 amide bonds. The quantitative estimate of drug-likeness (QED) is 0.845. The van der Waals surface area contributed by atoms with Gasteiger partial charge in [-0.25, -0.2) is 4.57 Å². The zero-order valence-corrected chi connectivity index (χ0v) is 9.88. The van der Waals surface area contributed by atoms with Gasteiger partial charge in [-0.3, -0.25) is 0 Å². The summed E-state index contributed by atoms with van der Waals surface area (Å²) in [4.78, 5) is 9.77. The monoisotopic (exact) mass is 252 g/mol. The van der Waals surface area contributed by atoms with E-state index >= 15 is 0 Å². The Kier molecular flexibility index (Phi) is 4.46. The second kappa shape index (κ2) is 5.64. The minimum absolute atomic E-state index is 0. The molecule has 0 radical (unpaired) electrons. The van der Waals surface area contributed by atoms with E-state index in [2.05, 4.69) is 0 Å². The van der Waals surface area contributed by atoms with Crippen LogP contribution in [0.15, 0.2) is 60.7 Å². The molecule has 1 atom stereocenters. The molecule has 0 aliphatic rings. The van der Waals surface area contributed by atoms with Crippen LogP contribution in [0.1, 0.15) is 0 Å². The Morgan fingerprint density at radius 2 is 1.35 bits per heavy atom. The highest BCUT2D eigenvalue weighted by Gasteiger charge is 2.23. The van der Waals surface area contributed by atoms with Crippen LogP contribution in [0.5, 0.6) is 5.75 Å². The average molecular weight is 252 g/mol. The van der Waals surface area contributed by atoms with Crippen molar-refractivity contribution in [2.24, 2.45) is 0 Å². The maximum Gasteiger partial charge on any atom is 0.408 e. The standard InChI is InChI=1S/C12H11O3P.H2O/c13-16(14,12-9-5-2-6-10-12)15-11-7-3-1-4-8-11;/h1-10H,(H,13,14);1H2. The van der Waals surface area contributed by atoms with Gasteiger partial charge < -0.3 is 14.9 Å². The molecule has 0 saturated carbocycles. The third kappa shape index (κ3) is 3.43. The summed E-state index contributed by atoms with van der Waals surface area (Å²) in [6.07, 6.45) is 0. The third-order valence-corrected chi connectivity index (χ3v) is 3.46. The van der Waals surface area contributed by atoms with Gasteiger partial charge in [0.2, 0.25) is 0 Å². The molecule has 5 heteroatoms. The Bertz CT molecular complexity index is 498. The van der Waals surface area contributed by atoms with Gasteiger partial charge in [-0.2, -0.15) is 0 Å². The van der Waals surface area contributed by atoms with Gasteiger partial charge >= 0.3 is 7.60 Å². The first-order valence-corrected chi connectivity index (χ1v) is 6.39. The van der Waals surface area contributed by atoms with Gasteiger partial charge in [0.15, 0.2) is 0 Å². The van der Waals surface area contributed by atoms with Crippen molar-refractivity contribution in [1.82, 2.24) is 0 Å². The Labute approximate surface area is 99.3 Å². The zero-order chi connectivity index (χ0) is 11.4. The minimum atomic E-state index is -3.77. The van der Waals surface area contributed by atoms with Gasteiger partial charge in [0, 0.05) is 0 Å². The molecule has 0 spiro atoms. The van der Waals surface area contributed by atoms with Crippen molar-refractivity contribution in [2.75, 3.05) is 0 Å². The Morgan fingerprint density at radius 3 is 1.88 bits per heavy atom. The fourth-order valence-corrected chi connectivity index (χ4v) is 2.36. The number of hydrogen-bond donors (Lipinski definition) is 1. The van der Waals surface area contributed by atoms with E-state index in [0.717, 1.165) is 0 Å². The van der Waals surface area contributed by atoms with Crippen molar-refractivity contribution >= 4 is 12.9 Å². The first kappa shape index (κ1) is 13.5.